The van der Waals surface area contributed by atoms with Crippen LogP contribution in [0, 0.1) is 17.5 Å². The molecule has 1 aromatic heterocycles. The van der Waals surface area contributed by atoms with Crippen molar-refractivity contribution in [3.63, 3.8) is 0 Å². The fourth-order valence-electron chi connectivity index (χ4n) is 3.52. The largest absolute Gasteiger partial charge is 0.348 e. The van der Waals surface area contributed by atoms with E-state index in [1.54, 1.807) is 11.4 Å². The minimum atomic E-state index is -4.13. The molecule has 4 rings (SSSR count). The SMILES string of the molecule is O=S(=O)(c1c(F)cccc1F)C1CCN(c2nc(-c3cc(F)cc(Cl)c3)cs2)CC1. The lowest BCUT2D eigenvalue weighted by Crippen LogP contribution is -2.39. The summed E-state index contributed by atoms with van der Waals surface area (Å²) in [6, 6.07) is 7.19. The highest BCUT2D eigenvalue weighted by molar-refractivity contribution is 7.92. The molecule has 0 aliphatic carbocycles. The van der Waals surface area contributed by atoms with Crippen molar-refractivity contribution in [2.45, 2.75) is 23.0 Å². The molecule has 1 aliphatic rings. The molecule has 3 aromatic rings. The van der Waals surface area contributed by atoms with Crippen molar-refractivity contribution >= 4 is 37.9 Å². The maximum absolute atomic E-state index is 14.0. The van der Waals surface area contributed by atoms with E-state index in [9.17, 15) is 21.6 Å². The summed E-state index contributed by atoms with van der Waals surface area (Å²) < 4.78 is 67.1. The minimum absolute atomic E-state index is 0.219. The predicted octanol–water partition coefficient (Wildman–Crippen LogP) is 5.32. The van der Waals surface area contributed by atoms with Gasteiger partial charge in [0.1, 0.15) is 22.3 Å². The van der Waals surface area contributed by atoms with Gasteiger partial charge in [0.25, 0.3) is 0 Å². The smallest absolute Gasteiger partial charge is 0.187 e. The average molecular weight is 473 g/mol. The summed E-state index contributed by atoms with van der Waals surface area (Å²) in [7, 11) is -4.13. The third kappa shape index (κ3) is 4.06. The topological polar surface area (TPSA) is 50.3 Å². The molecule has 0 saturated carbocycles. The second-order valence-corrected chi connectivity index (χ2v) is 10.4. The summed E-state index contributed by atoms with van der Waals surface area (Å²) >= 11 is 7.25. The van der Waals surface area contributed by atoms with E-state index in [4.69, 9.17) is 11.6 Å². The molecule has 0 N–H and O–H groups in total. The highest BCUT2D eigenvalue weighted by atomic mass is 35.5. The zero-order valence-electron chi connectivity index (χ0n) is 15.5. The second kappa shape index (κ2) is 8.20. The lowest BCUT2D eigenvalue weighted by Gasteiger charge is -2.31. The van der Waals surface area contributed by atoms with Gasteiger partial charge in [0.05, 0.1) is 10.9 Å². The standard InChI is InChI=1S/C20H16ClF3N2O2S2/c21-13-8-12(9-14(22)10-13)18-11-29-20(25-18)26-6-4-15(5-7-26)30(27,28)19-16(23)2-1-3-17(19)24/h1-3,8-11,15H,4-7H2. The van der Waals surface area contributed by atoms with Crippen LogP contribution in [0.1, 0.15) is 12.8 Å². The highest BCUT2D eigenvalue weighted by Crippen LogP contribution is 2.33. The summed E-state index contributed by atoms with van der Waals surface area (Å²) in [5, 5.41) is 1.84. The number of piperidine rings is 1. The number of hydrogen-bond donors (Lipinski definition) is 0. The number of sulfone groups is 1. The first-order valence-corrected chi connectivity index (χ1v) is 11.9. The monoisotopic (exact) mass is 472 g/mol. The average Bonchev–Trinajstić information content (AvgIpc) is 3.17. The zero-order chi connectivity index (χ0) is 21.5. The predicted molar refractivity (Wildman–Crippen MR) is 111 cm³/mol. The maximum Gasteiger partial charge on any atom is 0.187 e. The van der Waals surface area contributed by atoms with Gasteiger partial charge in [-0.3, -0.25) is 0 Å². The molecular formula is C20H16ClF3N2O2S2. The quantitative estimate of drug-likeness (QED) is 0.515. The van der Waals surface area contributed by atoms with E-state index in [2.05, 4.69) is 4.98 Å². The van der Waals surface area contributed by atoms with Gasteiger partial charge < -0.3 is 4.90 Å². The Labute approximate surface area is 180 Å². The number of thiazole rings is 1. The van der Waals surface area contributed by atoms with Gasteiger partial charge in [0.15, 0.2) is 15.0 Å². The molecule has 0 spiro atoms. The van der Waals surface area contributed by atoms with Gasteiger partial charge >= 0.3 is 0 Å². The van der Waals surface area contributed by atoms with E-state index < -0.39 is 37.4 Å². The molecule has 158 valence electrons. The van der Waals surface area contributed by atoms with Gasteiger partial charge in [-0.15, -0.1) is 11.3 Å². The lowest BCUT2D eigenvalue weighted by atomic mass is 10.1. The fraction of sp³-hybridized carbons (Fsp3) is 0.250. The molecule has 1 aliphatic heterocycles. The third-order valence-corrected chi connectivity index (χ3v) is 8.43. The van der Waals surface area contributed by atoms with Crippen LogP contribution in [-0.2, 0) is 9.84 Å². The Morgan fingerprint density at radius 1 is 1.07 bits per heavy atom. The summed E-state index contributed by atoms with van der Waals surface area (Å²) in [5.41, 5.74) is 1.12. The number of benzene rings is 2. The van der Waals surface area contributed by atoms with E-state index in [1.165, 1.54) is 23.5 Å². The summed E-state index contributed by atoms with van der Waals surface area (Å²) in [4.78, 5) is 5.57. The van der Waals surface area contributed by atoms with Crippen molar-refractivity contribution in [2.75, 3.05) is 18.0 Å². The lowest BCUT2D eigenvalue weighted by molar-refractivity contribution is 0.497. The van der Waals surface area contributed by atoms with E-state index in [1.807, 2.05) is 4.90 Å². The fourth-order valence-corrected chi connectivity index (χ4v) is 6.48. The van der Waals surface area contributed by atoms with Crippen molar-refractivity contribution in [3.05, 3.63) is 64.3 Å². The Kier molecular flexibility index (Phi) is 5.78. The van der Waals surface area contributed by atoms with E-state index in [0.717, 1.165) is 18.2 Å². The molecule has 0 unspecified atom stereocenters. The number of rotatable bonds is 4. The molecule has 10 heteroatoms. The van der Waals surface area contributed by atoms with E-state index in [-0.39, 0.29) is 17.9 Å². The van der Waals surface area contributed by atoms with Gasteiger partial charge in [0.2, 0.25) is 0 Å². The van der Waals surface area contributed by atoms with Crippen LogP contribution in [0.25, 0.3) is 11.3 Å². The molecule has 4 nitrogen and oxygen atoms in total. The summed E-state index contributed by atoms with van der Waals surface area (Å²) in [6.07, 6.45) is 0.438. The highest BCUT2D eigenvalue weighted by Gasteiger charge is 2.35. The van der Waals surface area contributed by atoms with Gasteiger partial charge in [-0.1, -0.05) is 17.7 Å². The van der Waals surface area contributed by atoms with E-state index in [0.29, 0.717) is 29.5 Å². The van der Waals surface area contributed by atoms with Crippen LogP contribution < -0.4 is 4.90 Å². The van der Waals surface area contributed by atoms with Gasteiger partial charge in [-0.25, -0.2) is 26.6 Å². The molecule has 2 aromatic carbocycles. The van der Waals surface area contributed by atoms with Crippen LogP contribution in [0.2, 0.25) is 5.02 Å². The maximum atomic E-state index is 14.0. The zero-order valence-corrected chi connectivity index (χ0v) is 17.9. The Morgan fingerprint density at radius 3 is 2.37 bits per heavy atom. The number of anilines is 1. The van der Waals surface area contributed by atoms with Crippen LogP contribution in [0.4, 0.5) is 18.3 Å². The summed E-state index contributed by atoms with van der Waals surface area (Å²) in [5.74, 6) is -2.61. The van der Waals surface area contributed by atoms with Crippen molar-refractivity contribution < 1.29 is 21.6 Å². The van der Waals surface area contributed by atoms with Crippen LogP contribution in [0.15, 0.2) is 46.7 Å². The molecule has 30 heavy (non-hydrogen) atoms. The molecule has 1 fully saturated rings. The van der Waals surface area contributed by atoms with E-state index >= 15 is 0 Å². The Morgan fingerprint density at radius 2 is 1.73 bits per heavy atom. The summed E-state index contributed by atoms with van der Waals surface area (Å²) in [6.45, 7) is 0.744. The molecule has 1 saturated heterocycles. The van der Waals surface area contributed by atoms with Crippen molar-refractivity contribution in [1.82, 2.24) is 4.98 Å². The van der Waals surface area contributed by atoms with Crippen molar-refractivity contribution in [1.29, 1.82) is 0 Å². The molecule has 0 atom stereocenters. The normalized spacial score (nSPS) is 15.5. The number of nitrogens with zero attached hydrogens (tertiary/aromatic N) is 2. The van der Waals surface area contributed by atoms with Gasteiger partial charge in [0, 0.05) is 29.1 Å². The van der Waals surface area contributed by atoms with Crippen molar-refractivity contribution in [2.24, 2.45) is 0 Å². The Hall–Kier alpha value is -2.10. The first kappa shape index (κ1) is 21.1. The second-order valence-electron chi connectivity index (χ2n) is 6.96. The molecule has 0 radical (unpaired) electrons. The van der Waals surface area contributed by atoms with Crippen LogP contribution in [0.3, 0.4) is 0 Å². The molecule has 0 amide bonds. The Bertz CT molecular complexity index is 1150. The first-order chi connectivity index (χ1) is 14.3. The first-order valence-electron chi connectivity index (χ1n) is 9.10. The van der Waals surface area contributed by atoms with Crippen LogP contribution in [-0.4, -0.2) is 31.7 Å². The number of hydrogen-bond acceptors (Lipinski definition) is 5. The number of halogens is 4. The third-order valence-electron chi connectivity index (χ3n) is 5.01. The van der Waals surface area contributed by atoms with Crippen LogP contribution in [0.5, 0.6) is 0 Å². The molecule has 0 bridgehead atoms. The van der Waals surface area contributed by atoms with Crippen molar-refractivity contribution in [3.8, 4) is 11.3 Å². The van der Waals surface area contributed by atoms with Gasteiger partial charge in [-0.2, -0.15) is 0 Å². The minimum Gasteiger partial charge on any atom is -0.348 e. The molecular weight excluding hydrogens is 457 g/mol. The Balaban J connectivity index is 1.50. The molecule has 2 heterocycles. The number of aromatic nitrogens is 1. The van der Waals surface area contributed by atoms with Gasteiger partial charge in [-0.05, 0) is 43.2 Å². The van der Waals surface area contributed by atoms with Crippen LogP contribution >= 0.6 is 22.9 Å².